The molecule has 1 amide bonds. The molecule has 0 aliphatic heterocycles. The number of carbonyl (C=O) groups is 1. The maximum atomic E-state index is 13.1. The van der Waals surface area contributed by atoms with Crippen LogP contribution in [0.5, 0.6) is 0 Å². The lowest BCUT2D eigenvalue weighted by Crippen LogP contribution is -2.24. The number of oxazole rings is 1. The van der Waals surface area contributed by atoms with Crippen LogP contribution in [0.3, 0.4) is 0 Å². The summed E-state index contributed by atoms with van der Waals surface area (Å²) in [5, 5.41) is 3.23. The third-order valence-corrected chi connectivity index (χ3v) is 4.72. The second-order valence-corrected chi connectivity index (χ2v) is 7.16. The van der Waals surface area contributed by atoms with Crippen LogP contribution in [-0.4, -0.2) is 10.9 Å². The molecule has 0 saturated heterocycles. The predicted octanol–water partition coefficient (Wildman–Crippen LogP) is 6.06. The number of hydrogen-bond donors (Lipinski definition) is 1. The standard InChI is InChI=1S/C20H14Cl2F4N2O2/c21-12-2-4-14(16(22)7-12)17-10-28-19(30-17)6-5-18(29)27-9-11-1-3-13(23)8-15(11)20(24,25)26/h1-4,7-8,10H,5-6,9H2,(H,27,29). The van der Waals surface area contributed by atoms with Crippen molar-refractivity contribution in [2.75, 3.05) is 0 Å². The van der Waals surface area contributed by atoms with E-state index in [1.807, 2.05) is 0 Å². The molecule has 0 bridgehead atoms. The Morgan fingerprint density at radius 2 is 1.90 bits per heavy atom. The highest BCUT2D eigenvalue weighted by molar-refractivity contribution is 6.36. The lowest BCUT2D eigenvalue weighted by atomic mass is 10.1. The summed E-state index contributed by atoms with van der Waals surface area (Å²) in [6.07, 6.45) is -3.19. The lowest BCUT2D eigenvalue weighted by molar-refractivity contribution is -0.138. The molecule has 1 heterocycles. The molecule has 1 aromatic heterocycles. The molecule has 0 atom stereocenters. The maximum absolute atomic E-state index is 13.1. The minimum Gasteiger partial charge on any atom is -0.441 e. The van der Waals surface area contributed by atoms with Gasteiger partial charge in [-0.3, -0.25) is 4.79 Å². The predicted molar refractivity (Wildman–Crippen MR) is 104 cm³/mol. The Hall–Kier alpha value is -2.58. The molecule has 0 spiro atoms. The van der Waals surface area contributed by atoms with E-state index in [1.165, 1.54) is 6.20 Å². The zero-order chi connectivity index (χ0) is 21.9. The highest BCUT2D eigenvalue weighted by Crippen LogP contribution is 2.33. The molecule has 10 heteroatoms. The lowest BCUT2D eigenvalue weighted by Gasteiger charge is -2.13. The van der Waals surface area contributed by atoms with Gasteiger partial charge in [-0.2, -0.15) is 13.2 Å². The first kappa shape index (κ1) is 22.1. The Morgan fingerprint density at radius 1 is 1.13 bits per heavy atom. The van der Waals surface area contributed by atoms with Crippen molar-refractivity contribution in [2.24, 2.45) is 0 Å². The van der Waals surface area contributed by atoms with Gasteiger partial charge in [0.15, 0.2) is 11.7 Å². The zero-order valence-electron chi connectivity index (χ0n) is 15.2. The summed E-state index contributed by atoms with van der Waals surface area (Å²) in [5.41, 5.74) is -0.770. The quantitative estimate of drug-likeness (QED) is 0.455. The molecule has 0 fully saturated rings. The number of amides is 1. The molecule has 158 valence electrons. The van der Waals surface area contributed by atoms with Gasteiger partial charge in [-0.1, -0.05) is 29.3 Å². The molecule has 4 nitrogen and oxygen atoms in total. The van der Waals surface area contributed by atoms with Crippen molar-refractivity contribution in [3.63, 3.8) is 0 Å². The van der Waals surface area contributed by atoms with Crippen LogP contribution in [0, 0.1) is 5.82 Å². The second-order valence-electron chi connectivity index (χ2n) is 6.32. The summed E-state index contributed by atoms with van der Waals surface area (Å²) >= 11 is 12.0. The van der Waals surface area contributed by atoms with Crippen molar-refractivity contribution in [3.05, 3.63) is 75.5 Å². The number of nitrogens with one attached hydrogen (secondary N) is 1. The third-order valence-electron chi connectivity index (χ3n) is 4.17. The van der Waals surface area contributed by atoms with E-state index < -0.39 is 23.5 Å². The van der Waals surface area contributed by atoms with Crippen LogP contribution >= 0.6 is 23.2 Å². The number of hydrogen-bond acceptors (Lipinski definition) is 3. The molecule has 0 aliphatic rings. The van der Waals surface area contributed by atoms with Crippen LogP contribution in [0.1, 0.15) is 23.4 Å². The summed E-state index contributed by atoms with van der Waals surface area (Å²) in [5.74, 6) is -0.841. The van der Waals surface area contributed by atoms with Gasteiger partial charge in [-0.25, -0.2) is 9.37 Å². The van der Waals surface area contributed by atoms with Gasteiger partial charge in [0, 0.05) is 30.0 Å². The molecular weight excluding hydrogens is 447 g/mol. The molecule has 0 saturated carbocycles. The van der Waals surface area contributed by atoms with Crippen molar-refractivity contribution in [1.29, 1.82) is 0 Å². The fraction of sp³-hybridized carbons (Fsp3) is 0.200. The molecular formula is C20H14Cl2F4N2O2. The molecule has 0 aliphatic carbocycles. The average Bonchev–Trinajstić information content (AvgIpc) is 3.13. The average molecular weight is 461 g/mol. The third kappa shape index (κ3) is 5.52. The Kier molecular flexibility index (Phi) is 6.67. The van der Waals surface area contributed by atoms with Gasteiger partial charge in [0.2, 0.25) is 5.91 Å². The van der Waals surface area contributed by atoms with E-state index in [2.05, 4.69) is 10.3 Å². The molecule has 2 aromatic carbocycles. The largest absolute Gasteiger partial charge is 0.441 e. The number of carbonyl (C=O) groups excluding carboxylic acids is 1. The number of alkyl halides is 3. The summed E-state index contributed by atoms with van der Waals surface area (Å²) in [4.78, 5) is 16.1. The minimum atomic E-state index is -4.72. The van der Waals surface area contributed by atoms with E-state index >= 15 is 0 Å². The molecule has 0 radical (unpaired) electrons. The fourth-order valence-corrected chi connectivity index (χ4v) is 3.21. The van der Waals surface area contributed by atoms with Gasteiger partial charge in [-0.15, -0.1) is 0 Å². The Bertz CT molecular complexity index is 1070. The number of halogens is 6. The van der Waals surface area contributed by atoms with E-state index in [0.29, 0.717) is 27.4 Å². The van der Waals surface area contributed by atoms with E-state index in [4.69, 9.17) is 27.6 Å². The molecule has 0 unspecified atom stereocenters. The highest BCUT2D eigenvalue weighted by Gasteiger charge is 2.33. The monoisotopic (exact) mass is 460 g/mol. The minimum absolute atomic E-state index is 0.0587. The van der Waals surface area contributed by atoms with Crippen molar-refractivity contribution >= 4 is 29.1 Å². The number of aryl methyl sites for hydroxylation is 1. The summed E-state index contributed by atoms with van der Waals surface area (Å²) in [7, 11) is 0. The SMILES string of the molecule is O=C(CCc1ncc(-c2ccc(Cl)cc2Cl)o1)NCc1ccc(F)cc1C(F)(F)F. The van der Waals surface area contributed by atoms with Gasteiger partial charge < -0.3 is 9.73 Å². The maximum Gasteiger partial charge on any atom is 0.416 e. The summed E-state index contributed by atoms with van der Waals surface area (Å²) in [6, 6.07) is 7.17. The van der Waals surface area contributed by atoms with Gasteiger partial charge in [0.25, 0.3) is 0 Å². The number of rotatable bonds is 6. The van der Waals surface area contributed by atoms with Gasteiger partial charge >= 0.3 is 6.18 Å². The normalized spacial score (nSPS) is 11.5. The summed E-state index contributed by atoms with van der Waals surface area (Å²) < 4.78 is 57.7. The Labute approximate surface area is 178 Å². The van der Waals surface area contributed by atoms with Crippen LogP contribution in [0.4, 0.5) is 17.6 Å². The highest BCUT2D eigenvalue weighted by atomic mass is 35.5. The van der Waals surface area contributed by atoms with E-state index in [1.54, 1.807) is 18.2 Å². The number of aromatic nitrogens is 1. The molecule has 1 N–H and O–H groups in total. The van der Waals surface area contributed by atoms with Crippen LogP contribution < -0.4 is 5.32 Å². The first-order valence-corrected chi connectivity index (χ1v) is 9.41. The van der Waals surface area contributed by atoms with Crippen molar-refractivity contribution in [2.45, 2.75) is 25.6 Å². The van der Waals surface area contributed by atoms with E-state index in [-0.39, 0.29) is 30.8 Å². The molecule has 3 aromatic rings. The first-order valence-electron chi connectivity index (χ1n) is 8.66. The van der Waals surface area contributed by atoms with Crippen molar-refractivity contribution < 1.29 is 26.8 Å². The van der Waals surface area contributed by atoms with E-state index in [0.717, 1.165) is 12.1 Å². The number of nitrogens with zero attached hydrogens (tertiary/aromatic N) is 1. The Balaban J connectivity index is 1.58. The Morgan fingerprint density at radius 3 is 2.60 bits per heavy atom. The molecule has 30 heavy (non-hydrogen) atoms. The first-order chi connectivity index (χ1) is 14.1. The smallest absolute Gasteiger partial charge is 0.416 e. The zero-order valence-corrected chi connectivity index (χ0v) is 16.7. The van der Waals surface area contributed by atoms with Crippen LogP contribution in [0.25, 0.3) is 11.3 Å². The van der Waals surface area contributed by atoms with Crippen LogP contribution in [0.15, 0.2) is 47.0 Å². The van der Waals surface area contributed by atoms with Gasteiger partial charge in [-0.05, 0) is 35.9 Å². The second kappa shape index (κ2) is 9.06. The van der Waals surface area contributed by atoms with Crippen LogP contribution in [-0.2, 0) is 23.9 Å². The fourth-order valence-electron chi connectivity index (χ4n) is 2.71. The van der Waals surface area contributed by atoms with E-state index in [9.17, 15) is 22.4 Å². The van der Waals surface area contributed by atoms with Crippen molar-refractivity contribution in [3.8, 4) is 11.3 Å². The van der Waals surface area contributed by atoms with Crippen molar-refractivity contribution in [1.82, 2.24) is 10.3 Å². The summed E-state index contributed by atoms with van der Waals surface area (Å²) in [6.45, 7) is -0.384. The molecule has 3 rings (SSSR count). The van der Waals surface area contributed by atoms with Gasteiger partial charge in [0.1, 0.15) is 5.82 Å². The topological polar surface area (TPSA) is 55.1 Å². The van der Waals surface area contributed by atoms with Crippen LogP contribution in [0.2, 0.25) is 10.0 Å². The number of benzene rings is 2. The van der Waals surface area contributed by atoms with Gasteiger partial charge in [0.05, 0.1) is 16.8 Å².